The summed E-state index contributed by atoms with van der Waals surface area (Å²) in [5.41, 5.74) is 0.576. The maximum Gasteiger partial charge on any atom is 0.0954 e. The van der Waals surface area contributed by atoms with E-state index < -0.39 is 0 Å². The van der Waals surface area contributed by atoms with E-state index in [0.29, 0.717) is 15.7 Å². The van der Waals surface area contributed by atoms with Crippen molar-refractivity contribution in [3.8, 4) is 0 Å². The number of aliphatic imine (C=N–C) groups is 2. The summed E-state index contributed by atoms with van der Waals surface area (Å²) in [6.07, 6.45) is 1.92. The first-order valence-electron chi connectivity index (χ1n) is 5.63. The van der Waals surface area contributed by atoms with Crippen molar-refractivity contribution < 1.29 is 0 Å². The van der Waals surface area contributed by atoms with Gasteiger partial charge in [-0.1, -0.05) is 37.0 Å². The summed E-state index contributed by atoms with van der Waals surface area (Å²) < 4.78 is 0. The fourth-order valence-electron chi connectivity index (χ4n) is 1.22. The van der Waals surface area contributed by atoms with Gasteiger partial charge in [-0.25, -0.2) is 4.99 Å². The predicted molar refractivity (Wildman–Crippen MR) is 75.0 cm³/mol. The number of halogens is 2. The largest absolute Gasteiger partial charge is 0.219 e. The van der Waals surface area contributed by atoms with Crippen LogP contribution in [0.5, 0.6) is 0 Å². The van der Waals surface area contributed by atoms with Gasteiger partial charge in [-0.05, 0) is 38.0 Å². The van der Waals surface area contributed by atoms with Gasteiger partial charge in [0.25, 0.3) is 0 Å². The lowest BCUT2D eigenvalue weighted by atomic mass is 9.97. The average Bonchev–Trinajstić information content (AvgIpc) is 2.27. The van der Waals surface area contributed by atoms with Crippen LogP contribution in [0.1, 0.15) is 33.6 Å². The first kappa shape index (κ1) is 14.2. The van der Waals surface area contributed by atoms with E-state index in [9.17, 15) is 0 Å². The van der Waals surface area contributed by atoms with Crippen molar-refractivity contribution >= 4 is 34.9 Å². The minimum absolute atomic E-state index is 0.0914. The third-order valence-electron chi connectivity index (χ3n) is 2.87. The third-order valence-corrected chi connectivity index (χ3v) is 3.31. The maximum atomic E-state index is 5.87. The van der Waals surface area contributed by atoms with Gasteiger partial charge < -0.3 is 0 Å². The molecule has 0 unspecified atom stereocenters. The van der Waals surface area contributed by atoms with Gasteiger partial charge in [0.2, 0.25) is 0 Å². The molecular formula is C13H16Cl2N2. The standard InChI is InChI=1S/C13H16Cl2N2/c1-4-13(3,5-2)17-9-16-12-7-10(14)6-11(15)8-12/h6-8H,4-5H2,1-3H3. The predicted octanol–water partition coefficient (Wildman–Crippen LogP) is 5.38. The van der Waals surface area contributed by atoms with E-state index in [1.807, 2.05) is 0 Å². The van der Waals surface area contributed by atoms with Crippen LogP contribution < -0.4 is 0 Å². The molecule has 0 spiro atoms. The number of hydrogen-bond donors (Lipinski definition) is 0. The molecule has 0 aliphatic heterocycles. The van der Waals surface area contributed by atoms with Gasteiger partial charge in [-0.3, -0.25) is 0 Å². The van der Waals surface area contributed by atoms with Gasteiger partial charge in [0.05, 0.1) is 17.2 Å². The molecule has 0 aliphatic carbocycles. The van der Waals surface area contributed by atoms with Crippen LogP contribution in [0, 0.1) is 0 Å². The summed E-state index contributed by atoms with van der Waals surface area (Å²) in [4.78, 5) is 8.47. The van der Waals surface area contributed by atoms with Gasteiger partial charge in [0, 0.05) is 10.0 Å². The zero-order chi connectivity index (χ0) is 12.9. The highest BCUT2D eigenvalue weighted by Gasteiger charge is 2.16. The Labute approximate surface area is 112 Å². The minimum atomic E-state index is -0.0914. The van der Waals surface area contributed by atoms with Gasteiger partial charge in [0.15, 0.2) is 0 Å². The fourth-order valence-corrected chi connectivity index (χ4v) is 1.73. The van der Waals surface area contributed by atoms with E-state index in [1.54, 1.807) is 18.2 Å². The average molecular weight is 271 g/mol. The third kappa shape index (κ3) is 4.51. The molecule has 0 radical (unpaired) electrons. The second kappa shape index (κ2) is 6.20. The molecule has 0 saturated heterocycles. The molecule has 4 heteroatoms. The first-order valence-corrected chi connectivity index (χ1v) is 6.38. The Balaban J connectivity index is 2.93. The van der Waals surface area contributed by atoms with Crippen LogP contribution in [0.4, 0.5) is 5.69 Å². The first-order chi connectivity index (χ1) is 7.99. The number of nitrogens with zero attached hydrogens (tertiary/aromatic N) is 2. The lowest BCUT2D eigenvalue weighted by molar-refractivity contribution is 0.443. The SMILES string of the molecule is CCC(C)(CC)N=C=Nc1cc(Cl)cc(Cl)c1. The summed E-state index contributed by atoms with van der Waals surface area (Å²) in [6, 6.07) is 7.85. The molecule has 1 aromatic carbocycles. The van der Waals surface area contributed by atoms with Gasteiger partial charge >= 0.3 is 0 Å². The second-order valence-corrected chi connectivity index (χ2v) is 5.03. The Bertz CT molecular complexity index is 424. The Morgan fingerprint density at radius 1 is 1.12 bits per heavy atom. The summed E-state index contributed by atoms with van der Waals surface area (Å²) in [7, 11) is 0. The summed E-state index contributed by atoms with van der Waals surface area (Å²) in [6.45, 7) is 6.29. The van der Waals surface area contributed by atoms with E-state index >= 15 is 0 Å². The van der Waals surface area contributed by atoms with E-state index in [0.717, 1.165) is 12.8 Å². The monoisotopic (exact) mass is 270 g/mol. The van der Waals surface area contributed by atoms with Crippen molar-refractivity contribution in [1.82, 2.24) is 0 Å². The van der Waals surface area contributed by atoms with Crippen LogP contribution in [0.2, 0.25) is 10.0 Å². The Morgan fingerprint density at radius 3 is 2.12 bits per heavy atom. The van der Waals surface area contributed by atoms with Crippen molar-refractivity contribution in [2.45, 2.75) is 39.2 Å². The molecule has 0 amide bonds. The van der Waals surface area contributed by atoms with Gasteiger partial charge in [-0.15, -0.1) is 0 Å². The molecule has 0 heterocycles. The van der Waals surface area contributed by atoms with Crippen molar-refractivity contribution in [3.05, 3.63) is 28.2 Å². The van der Waals surface area contributed by atoms with Crippen molar-refractivity contribution in [2.75, 3.05) is 0 Å². The Hall–Kier alpha value is -0.820. The smallest absolute Gasteiger partial charge is 0.0954 e. The number of rotatable bonds is 4. The van der Waals surface area contributed by atoms with E-state index in [1.165, 1.54) is 0 Å². The van der Waals surface area contributed by atoms with E-state index in [-0.39, 0.29) is 5.54 Å². The molecule has 1 aromatic rings. The molecule has 0 saturated carbocycles. The maximum absolute atomic E-state index is 5.87. The molecule has 0 bridgehead atoms. The molecule has 2 nitrogen and oxygen atoms in total. The molecular weight excluding hydrogens is 255 g/mol. The van der Waals surface area contributed by atoms with Crippen LogP contribution in [0.25, 0.3) is 0 Å². The molecule has 0 atom stereocenters. The number of benzene rings is 1. The van der Waals surface area contributed by atoms with Gasteiger partial charge in [0.1, 0.15) is 0 Å². The zero-order valence-electron chi connectivity index (χ0n) is 10.3. The lowest BCUT2D eigenvalue weighted by Crippen LogP contribution is -2.18. The zero-order valence-corrected chi connectivity index (χ0v) is 11.8. The van der Waals surface area contributed by atoms with Crippen LogP contribution in [-0.4, -0.2) is 11.5 Å². The van der Waals surface area contributed by atoms with Crippen LogP contribution in [-0.2, 0) is 0 Å². The fraction of sp³-hybridized carbons (Fsp3) is 0.462. The van der Waals surface area contributed by atoms with E-state index in [4.69, 9.17) is 23.2 Å². The highest BCUT2D eigenvalue weighted by Crippen LogP contribution is 2.24. The quantitative estimate of drug-likeness (QED) is 0.657. The Morgan fingerprint density at radius 2 is 1.65 bits per heavy atom. The van der Waals surface area contributed by atoms with Crippen molar-refractivity contribution in [2.24, 2.45) is 9.98 Å². The summed E-state index contributed by atoms with van der Waals surface area (Å²) in [5.74, 6) is 0. The van der Waals surface area contributed by atoms with E-state index in [2.05, 4.69) is 36.8 Å². The normalized spacial score (nSPS) is 10.9. The van der Waals surface area contributed by atoms with Crippen molar-refractivity contribution in [3.63, 3.8) is 0 Å². The summed E-state index contributed by atoms with van der Waals surface area (Å²) >= 11 is 11.7. The molecule has 0 aliphatic rings. The van der Waals surface area contributed by atoms with Crippen LogP contribution >= 0.6 is 23.2 Å². The minimum Gasteiger partial charge on any atom is -0.219 e. The Kier molecular flexibility index (Phi) is 5.20. The highest BCUT2D eigenvalue weighted by atomic mass is 35.5. The summed E-state index contributed by atoms with van der Waals surface area (Å²) in [5, 5.41) is 1.12. The lowest BCUT2D eigenvalue weighted by Gasteiger charge is -2.18. The molecule has 0 fully saturated rings. The van der Waals surface area contributed by atoms with Crippen LogP contribution in [0.3, 0.4) is 0 Å². The molecule has 17 heavy (non-hydrogen) atoms. The highest BCUT2D eigenvalue weighted by molar-refractivity contribution is 6.35. The molecule has 92 valence electrons. The van der Waals surface area contributed by atoms with Crippen LogP contribution in [0.15, 0.2) is 28.2 Å². The second-order valence-electron chi connectivity index (χ2n) is 4.16. The topological polar surface area (TPSA) is 24.7 Å². The molecule has 0 N–H and O–H groups in total. The van der Waals surface area contributed by atoms with Crippen molar-refractivity contribution in [1.29, 1.82) is 0 Å². The number of hydrogen-bond acceptors (Lipinski definition) is 2. The molecule has 1 rings (SSSR count). The van der Waals surface area contributed by atoms with Gasteiger partial charge in [-0.2, -0.15) is 4.99 Å². The molecule has 0 aromatic heterocycles.